The number of methoxy groups -OCH3 is 2. The molecule has 1 atom stereocenters. The number of benzene rings is 1. The van der Waals surface area contributed by atoms with Gasteiger partial charge in [-0.05, 0) is 18.6 Å². The number of aryl methyl sites for hydroxylation is 1. The molecule has 0 aromatic heterocycles. The second kappa shape index (κ2) is 7.86. The Balaban J connectivity index is 1.79. The Bertz CT molecular complexity index is 774. The topological polar surface area (TPSA) is 77.3 Å². The summed E-state index contributed by atoms with van der Waals surface area (Å²) in [4.78, 5) is 39.7. The molecule has 0 unspecified atom stereocenters. The first-order valence-corrected chi connectivity index (χ1v) is 9.38. The van der Waals surface area contributed by atoms with Crippen LogP contribution in [0.4, 0.5) is 5.69 Å². The molecular formula is C19H24ClN2O5+. The van der Waals surface area contributed by atoms with Crippen LogP contribution in [0.15, 0.2) is 12.1 Å². The smallest absolute Gasteiger partial charge is 0.309 e. The van der Waals surface area contributed by atoms with Crippen LogP contribution in [0, 0.1) is 12.8 Å². The lowest BCUT2D eigenvalue weighted by molar-refractivity contribution is -0.920. The van der Waals surface area contributed by atoms with Crippen LogP contribution in [0.25, 0.3) is 0 Å². The summed E-state index contributed by atoms with van der Waals surface area (Å²) >= 11 is 6.14. The van der Waals surface area contributed by atoms with Gasteiger partial charge >= 0.3 is 5.97 Å². The monoisotopic (exact) mass is 395 g/mol. The zero-order chi connectivity index (χ0) is 19.7. The largest absolute Gasteiger partial charge is 0.495 e. The number of rotatable bonds is 4. The van der Waals surface area contributed by atoms with E-state index >= 15 is 0 Å². The zero-order valence-corrected chi connectivity index (χ0v) is 16.5. The Hall–Kier alpha value is -2.12. The van der Waals surface area contributed by atoms with E-state index in [1.165, 1.54) is 19.1 Å². The molecule has 0 spiro atoms. The Morgan fingerprint density at radius 1 is 1.22 bits per heavy atom. The number of carbonyl (C=O) groups excluding carboxylic acids is 3. The summed E-state index contributed by atoms with van der Waals surface area (Å²) in [5.74, 6) is -0.404. The minimum Gasteiger partial charge on any atom is -0.495 e. The van der Waals surface area contributed by atoms with E-state index in [0.29, 0.717) is 42.4 Å². The third-order valence-electron chi connectivity index (χ3n) is 5.50. The van der Waals surface area contributed by atoms with Crippen LogP contribution in [0.5, 0.6) is 5.75 Å². The van der Waals surface area contributed by atoms with Crippen molar-refractivity contribution in [1.82, 2.24) is 0 Å². The van der Waals surface area contributed by atoms with Crippen LogP contribution in [-0.4, -0.2) is 51.1 Å². The first kappa shape index (κ1) is 19.6. The highest BCUT2D eigenvalue weighted by molar-refractivity contribution is 6.32. The maximum atomic E-state index is 13.1. The van der Waals surface area contributed by atoms with Crippen molar-refractivity contribution in [2.24, 2.45) is 5.92 Å². The molecule has 1 aromatic carbocycles. The molecular weight excluding hydrogens is 372 g/mol. The highest BCUT2D eigenvalue weighted by atomic mass is 35.5. The number of ether oxygens (including phenoxy) is 2. The number of halogens is 1. The van der Waals surface area contributed by atoms with Crippen LogP contribution < -0.4 is 14.5 Å². The molecule has 3 rings (SSSR count). The molecule has 1 N–H and O–H groups in total. The maximum Gasteiger partial charge on any atom is 0.309 e. The highest BCUT2D eigenvalue weighted by Gasteiger charge is 2.47. The van der Waals surface area contributed by atoms with Crippen molar-refractivity contribution in [3.8, 4) is 5.75 Å². The number of hydrogen-bond acceptors (Lipinski definition) is 5. The van der Waals surface area contributed by atoms with Crippen molar-refractivity contribution in [2.75, 3.05) is 32.2 Å². The molecule has 2 heterocycles. The van der Waals surface area contributed by atoms with Crippen molar-refractivity contribution in [3.63, 3.8) is 0 Å². The van der Waals surface area contributed by atoms with Crippen molar-refractivity contribution in [1.29, 1.82) is 0 Å². The Morgan fingerprint density at radius 2 is 1.89 bits per heavy atom. The predicted molar refractivity (Wildman–Crippen MR) is 99.1 cm³/mol. The van der Waals surface area contributed by atoms with E-state index in [0.717, 1.165) is 10.5 Å². The first-order valence-electron chi connectivity index (χ1n) is 9.00. The molecule has 146 valence electrons. The number of nitrogens with one attached hydrogen (secondary N) is 1. The molecule has 0 bridgehead atoms. The van der Waals surface area contributed by atoms with Crippen molar-refractivity contribution < 1.29 is 28.8 Å². The molecule has 7 nitrogen and oxygen atoms in total. The van der Waals surface area contributed by atoms with Gasteiger partial charge in [0.1, 0.15) is 5.75 Å². The first-order chi connectivity index (χ1) is 12.9. The third kappa shape index (κ3) is 3.66. The lowest BCUT2D eigenvalue weighted by Crippen LogP contribution is -3.17. The van der Waals surface area contributed by atoms with Gasteiger partial charge in [0.25, 0.3) is 5.91 Å². The van der Waals surface area contributed by atoms with E-state index in [1.807, 2.05) is 6.92 Å². The number of hydrogen-bond donors (Lipinski definition) is 1. The van der Waals surface area contributed by atoms with E-state index in [9.17, 15) is 14.4 Å². The molecule has 2 fully saturated rings. The van der Waals surface area contributed by atoms with Gasteiger partial charge in [0, 0.05) is 23.9 Å². The van der Waals surface area contributed by atoms with Gasteiger partial charge in [-0.1, -0.05) is 11.6 Å². The van der Waals surface area contributed by atoms with E-state index < -0.39 is 6.04 Å². The summed E-state index contributed by atoms with van der Waals surface area (Å²) in [5.41, 5.74) is 1.20. The average Bonchev–Trinajstić information content (AvgIpc) is 2.97. The molecule has 0 saturated carbocycles. The molecule has 2 saturated heterocycles. The number of esters is 1. The van der Waals surface area contributed by atoms with E-state index in [4.69, 9.17) is 21.1 Å². The van der Waals surface area contributed by atoms with Crippen LogP contribution in [-0.2, 0) is 19.1 Å². The summed E-state index contributed by atoms with van der Waals surface area (Å²) in [6.45, 7) is 3.14. The van der Waals surface area contributed by atoms with Gasteiger partial charge in [-0.3, -0.25) is 14.4 Å². The van der Waals surface area contributed by atoms with Gasteiger partial charge in [0.15, 0.2) is 6.04 Å². The summed E-state index contributed by atoms with van der Waals surface area (Å²) in [6.07, 6.45) is 1.47. The number of carbonyl (C=O) groups is 3. The number of imide groups is 1. The third-order valence-corrected chi connectivity index (χ3v) is 5.91. The standard InChI is InChI=1S/C19H23ClN2O5/c1-11-8-14(16(26-2)9-13(11)20)22-17(23)10-15(18(22)24)21-6-4-12(5-7-21)19(25)27-3/h8-9,12,15H,4-7,10H2,1-3H3/p+1/t15-/m0/s1. The summed E-state index contributed by atoms with van der Waals surface area (Å²) in [5, 5.41) is 0.516. The summed E-state index contributed by atoms with van der Waals surface area (Å²) < 4.78 is 10.1. The Morgan fingerprint density at radius 3 is 2.48 bits per heavy atom. The molecule has 2 amide bonds. The van der Waals surface area contributed by atoms with Crippen LogP contribution in [0.2, 0.25) is 5.02 Å². The highest BCUT2D eigenvalue weighted by Crippen LogP contribution is 2.36. The fourth-order valence-corrected chi connectivity index (χ4v) is 4.08. The summed E-state index contributed by atoms with van der Waals surface area (Å²) in [7, 11) is 2.87. The van der Waals surface area contributed by atoms with Crippen molar-refractivity contribution >= 4 is 35.1 Å². The Kier molecular flexibility index (Phi) is 5.72. The number of anilines is 1. The normalized spacial score (nSPS) is 25.6. The Labute approximate surface area is 163 Å². The van der Waals surface area contributed by atoms with Crippen molar-refractivity contribution in [2.45, 2.75) is 32.2 Å². The van der Waals surface area contributed by atoms with Gasteiger partial charge in [-0.2, -0.15) is 0 Å². The van der Waals surface area contributed by atoms with Gasteiger partial charge in [-0.15, -0.1) is 0 Å². The number of piperidine rings is 1. The van der Waals surface area contributed by atoms with Gasteiger partial charge in [0.05, 0.1) is 45.3 Å². The fraction of sp³-hybridized carbons (Fsp3) is 0.526. The van der Waals surface area contributed by atoms with Crippen LogP contribution in [0.1, 0.15) is 24.8 Å². The second-order valence-electron chi connectivity index (χ2n) is 7.05. The molecule has 27 heavy (non-hydrogen) atoms. The lowest BCUT2D eigenvalue weighted by atomic mass is 9.95. The zero-order valence-electron chi connectivity index (χ0n) is 15.7. The number of nitrogens with zero attached hydrogens (tertiary/aromatic N) is 1. The SMILES string of the molecule is COC(=O)C1CC[NH+]([C@H]2CC(=O)N(c3cc(C)c(Cl)cc3OC)C2=O)CC1. The molecule has 0 radical (unpaired) electrons. The predicted octanol–water partition coefficient (Wildman–Crippen LogP) is 0.757. The molecule has 1 aromatic rings. The van der Waals surface area contributed by atoms with Crippen molar-refractivity contribution in [3.05, 3.63) is 22.7 Å². The van der Waals surface area contributed by atoms with E-state index in [2.05, 4.69) is 0 Å². The van der Waals surface area contributed by atoms with Gasteiger partial charge in [0.2, 0.25) is 5.91 Å². The molecule has 2 aliphatic heterocycles. The lowest BCUT2D eigenvalue weighted by Gasteiger charge is -2.31. The van der Waals surface area contributed by atoms with Gasteiger partial charge < -0.3 is 14.4 Å². The number of likely N-dealkylation sites (tertiary alicyclic amines) is 1. The van der Waals surface area contributed by atoms with Crippen LogP contribution in [0.3, 0.4) is 0 Å². The number of quaternary nitrogens is 1. The molecule has 2 aliphatic rings. The minimum atomic E-state index is -0.434. The number of amides is 2. The van der Waals surface area contributed by atoms with E-state index in [1.54, 1.807) is 12.1 Å². The fourth-order valence-electron chi connectivity index (χ4n) is 3.93. The van der Waals surface area contributed by atoms with Gasteiger partial charge in [-0.25, -0.2) is 4.90 Å². The average molecular weight is 396 g/mol. The maximum absolute atomic E-state index is 13.1. The molecule has 0 aliphatic carbocycles. The molecule has 8 heteroatoms. The second-order valence-corrected chi connectivity index (χ2v) is 7.46. The summed E-state index contributed by atoms with van der Waals surface area (Å²) in [6, 6.07) is 2.89. The quantitative estimate of drug-likeness (QED) is 0.601. The minimum absolute atomic E-state index is 0.124. The van der Waals surface area contributed by atoms with Crippen LogP contribution >= 0.6 is 11.6 Å². The van der Waals surface area contributed by atoms with E-state index in [-0.39, 0.29) is 30.1 Å².